The van der Waals surface area contributed by atoms with E-state index in [-0.39, 0.29) is 36.2 Å². The van der Waals surface area contributed by atoms with Crippen LogP contribution < -0.4 is 16.0 Å². The summed E-state index contributed by atoms with van der Waals surface area (Å²) in [5, 5.41) is 12.8. The zero-order valence-electron chi connectivity index (χ0n) is 23.8. The lowest BCUT2D eigenvalue weighted by molar-refractivity contribution is -0.130. The van der Waals surface area contributed by atoms with Crippen molar-refractivity contribution in [3.63, 3.8) is 0 Å². The maximum atomic E-state index is 12.9. The Labute approximate surface area is 240 Å². The van der Waals surface area contributed by atoms with E-state index >= 15 is 0 Å². The molecule has 2 aliphatic carbocycles. The Bertz CT molecular complexity index is 1400. The molecule has 5 rings (SSSR count). The second-order valence-corrected chi connectivity index (χ2v) is 11.6. The molecule has 0 bridgehead atoms. The topological polar surface area (TPSA) is 155 Å². The fraction of sp³-hybridized carbons (Fsp3) is 0.586. The number of anilines is 2. The molecule has 2 aromatic heterocycles. The van der Waals surface area contributed by atoms with Crippen molar-refractivity contribution in [2.45, 2.75) is 70.5 Å². The van der Waals surface area contributed by atoms with E-state index in [2.05, 4.69) is 39.3 Å². The monoisotopic (exact) mass is 561 g/mol. The Hall–Kier alpha value is -4.14. The summed E-state index contributed by atoms with van der Waals surface area (Å²) in [4.78, 5) is 45.5. The number of hydrogen-bond acceptors (Lipinski definition) is 7. The zero-order chi connectivity index (χ0) is 29.3. The molecule has 2 unspecified atom stereocenters. The molecule has 2 aromatic rings. The van der Waals surface area contributed by atoms with Crippen LogP contribution in [0.15, 0.2) is 17.6 Å². The number of terminal acetylenes is 1. The predicted octanol–water partition coefficient (Wildman–Crippen LogP) is 3.08. The smallest absolute Gasteiger partial charge is 0.433 e. The molecule has 3 heterocycles. The summed E-state index contributed by atoms with van der Waals surface area (Å²) < 4.78 is 2.12. The molecule has 4 N–H and O–H groups in total. The summed E-state index contributed by atoms with van der Waals surface area (Å²) in [5.74, 6) is 4.86. The van der Waals surface area contributed by atoms with Gasteiger partial charge < -0.3 is 30.5 Å². The van der Waals surface area contributed by atoms with E-state index < -0.39 is 6.09 Å². The Morgan fingerprint density at radius 2 is 2.00 bits per heavy atom. The van der Waals surface area contributed by atoms with Crippen LogP contribution in [0.2, 0.25) is 0 Å². The van der Waals surface area contributed by atoms with Crippen LogP contribution >= 0.6 is 0 Å². The molecule has 0 radical (unpaired) electrons. The van der Waals surface area contributed by atoms with Crippen LogP contribution in [0.25, 0.3) is 11.2 Å². The van der Waals surface area contributed by atoms with E-state index in [1.165, 1.54) is 6.42 Å². The Kier molecular flexibility index (Phi) is 8.15. The van der Waals surface area contributed by atoms with E-state index in [4.69, 9.17) is 22.1 Å². The summed E-state index contributed by atoms with van der Waals surface area (Å²) in [6, 6.07) is -0.0295. The van der Waals surface area contributed by atoms with Gasteiger partial charge >= 0.3 is 6.09 Å². The van der Waals surface area contributed by atoms with Crippen LogP contribution in [0.1, 0.15) is 57.7 Å². The minimum absolute atomic E-state index is 0.0105. The van der Waals surface area contributed by atoms with Crippen LogP contribution in [-0.2, 0) is 11.3 Å². The summed E-state index contributed by atoms with van der Waals surface area (Å²) >= 11 is 0. The maximum absolute atomic E-state index is 12.9. The van der Waals surface area contributed by atoms with Gasteiger partial charge in [0.25, 0.3) is 0 Å². The van der Waals surface area contributed by atoms with Gasteiger partial charge in [0.05, 0.1) is 6.04 Å². The molecular formula is C29H39N9O3. The lowest BCUT2D eigenvalue weighted by Gasteiger charge is -2.39. The number of piperazine rings is 1. The standard InChI is InChI=1S/C29H39N9O3/c1-5-18-10-12-19(13-11-18)14-38-23-25(31-17(3)20-8-7-9-20)33-27(24(30)32-29(40)41)34-26(23)35-28(38)37-16-22(39)36(4)15-21(37)6-2/h1,6,17-21H,2,7-16H2,3-4H3,(H2,30,32)(H,40,41)(H,31,33,34). The number of rotatable bonds is 8. The third-order valence-electron chi connectivity index (χ3n) is 8.89. The first-order chi connectivity index (χ1) is 19.7. The molecule has 0 spiro atoms. The SMILES string of the molecule is C#CC1CCC(Cn2c(N3CC(=O)N(C)CC3C=C)nc3nc(C(N)=NC(=O)O)nc(NC(C)C4CCC4)c32)CC1. The number of carboxylic acid groups (broad SMARTS) is 1. The zero-order valence-corrected chi connectivity index (χ0v) is 23.8. The molecule has 12 nitrogen and oxygen atoms in total. The van der Waals surface area contributed by atoms with E-state index in [0.29, 0.717) is 53.8 Å². The lowest BCUT2D eigenvalue weighted by Crippen LogP contribution is -2.55. The molecule has 3 fully saturated rings. The van der Waals surface area contributed by atoms with Gasteiger partial charge in [-0.25, -0.2) is 14.8 Å². The largest absolute Gasteiger partial charge is 0.463 e. The number of nitrogens with two attached hydrogens (primary N) is 1. The fourth-order valence-corrected chi connectivity index (χ4v) is 6.11. The summed E-state index contributed by atoms with van der Waals surface area (Å²) in [7, 11) is 1.79. The Morgan fingerprint density at radius 1 is 1.27 bits per heavy atom. The van der Waals surface area contributed by atoms with E-state index in [1.807, 2.05) is 11.0 Å². The number of carbonyl (C=O) groups excluding carboxylic acids is 1. The van der Waals surface area contributed by atoms with Crippen LogP contribution in [0.3, 0.4) is 0 Å². The van der Waals surface area contributed by atoms with Crippen LogP contribution in [-0.4, -0.2) is 79.6 Å². The number of aromatic nitrogens is 4. The molecule has 12 heteroatoms. The first-order valence-electron chi connectivity index (χ1n) is 14.4. The van der Waals surface area contributed by atoms with Crippen molar-refractivity contribution in [2.24, 2.45) is 28.5 Å². The average molecular weight is 562 g/mol. The first-order valence-corrected chi connectivity index (χ1v) is 14.4. The number of nitrogens with one attached hydrogen (secondary N) is 1. The number of amides is 2. The van der Waals surface area contributed by atoms with Crippen LogP contribution in [0, 0.1) is 30.1 Å². The third-order valence-corrected chi connectivity index (χ3v) is 8.89. The van der Waals surface area contributed by atoms with Gasteiger partial charge in [0.15, 0.2) is 23.1 Å². The number of amidine groups is 1. The molecule has 1 saturated heterocycles. The van der Waals surface area contributed by atoms with Crippen molar-refractivity contribution in [1.82, 2.24) is 24.4 Å². The normalized spacial score (nSPS) is 24.6. The number of likely N-dealkylation sites (N-methyl/N-ethyl adjacent to an activating group) is 1. The quantitative estimate of drug-likeness (QED) is 0.191. The minimum Gasteiger partial charge on any atom is -0.463 e. The molecule has 1 aliphatic heterocycles. The highest BCUT2D eigenvalue weighted by molar-refractivity contribution is 6.02. The van der Waals surface area contributed by atoms with Crippen molar-refractivity contribution < 1.29 is 14.7 Å². The van der Waals surface area contributed by atoms with Crippen LogP contribution in [0.4, 0.5) is 16.6 Å². The number of hydrogen-bond donors (Lipinski definition) is 3. The van der Waals surface area contributed by atoms with Gasteiger partial charge in [-0.05, 0) is 57.3 Å². The number of carbonyl (C=O) groups is 2. The minimum atomic E-state index is -1.43. The van der Waals surface area contributed by atoms with Crippen molar-refractivity contribution in [2.75, 3.05) is 30.4 Å². The highest BCUT2D eigenvalue weighted by Gasteiger charge is 2.34. The molecule has 218 valence electrons. The predicted molar refractivity (Wildman–Crippen MR) is 158 cm³/mol. The van der Waals surface area contributed by atoms with E-state index in [1.54, 1.807) is 11.9 Å². The molecule has 3 aliphatic rings. The molecule has 2 atom stereocenters. The summed E-state index contributed by atoms with van der Waals surface area (Å²) in [6.45, 7) is 7.44. The van der Waals surface area contributed by atoms with Gasteiger partial charge in [0.2, 0.25) is 11.9 Å². The molecule has 2 saturated carbocycles. The molecule has 0 aromatic carbocycles. The highest BCUT2D eigenvalue weighted by Crippen LogP contribution is 2.36. The summed E-state index contributed by atoms with van der Waals surface area (Å²) in [5.41, 5.74) is 7.08. The van der Waals surface area contributed by atoms with Gasteiger partial charge in [0.1, 0.15) is 12.1 Å². The number of aliphatic imine (C=N–C) groups is 1. The van der Waals surface area contributed by atoms with Gasteiger partial charge in [-0.3, -0.25) is 4.79 Å². The molecule has 41 heavy (non-hydrogen) atoms. The van der Waals surface area contributed by atoms with Gasteiger partial charge in [0, 0.05) is 32.1 Å². The van der Waals surface area contributed by atoms with Crippen LogP contribution in [0.5, 0.6) is 0 Å². The van der Waals surface area contributed by atoms with Crippen molar-refractivity contribution in [1.29, 1.82) is 0 Å². The maximum Gasteiger partial charge on any atom is 0.433 e. The van der Waals surface area contributed by atoms with E-state index in [0.717, 1.165) is 38.5 Å². The lowest BCUT2D eigenvalue weighted by atomic mass is 9.80. The fourth-order valence-electron chi connectivity index (χ4n) is 6.11. The van der Waals surface area contributed by atoms with Crippen molar-refractivity contribution in [3.05, 3.63) is 18.5 Å². The number of imidazole rings is 1. The second kappa shape index (κ2) is 11.8. The van der Waals surface area contributed by atoms with Gasteiger partial charge in [-0.15, -0.1) is 18.9 Å². The number of fused-ring (bicyclic) bond motifs is 1. The molecule has 2 amide bonds. The molecular weight excluding hydrogens is 522 g/mol. The second-order valence-electron chi connectivity index (χ2n) is 11.6. The highest BCUT2D eigenvalue weighted by atomic mass is 16.4. The van der Waals surface area contributed by atoms with Gasteiger partial charge in [-0.2, -0.15) is 9.98 Å². The summed E-state index contributed by atoms with van der Waals surface area (Å²) in [6.07, 6.45) is 13.5. The first kappa shape index (κ1) is 28.4. The Balaban J connectivity index is 1.65. The van der Waals surface area contributed by atoms with Crippen molar-refractivity contribution in [3.8, 4) is 12.3 Å². The average Bonchev–Trinajstić information content (AvgIpc) is 3.27. The van der Waals surface area contributed by atoms with E-state index in [9.17, 15) is 14.7 Å². The number of nitrogens with zero attached hydrogens (tertiary/aromatic N) is 7. The Morgan fingerprint density at radius 3 is 2.61 bits per heavy atom. The van der Waals surface area contributed by atoms with Crippen molar-refractivity contribution >= 4 is 40.8 Å². The van der Waals surface area contributed by atoms with Gasteiger partial charge in [-0.1, -0.05) is 12.5 Å². The third kappa shape index (κ3) is 5.85.